The third-order valence-corrected chi connectivity index (χ3v) is 6.30. The highest BCUT2D eigenvalue weighted by Gasteiger charge is 2.57. The zero-order valence-corrected chi connectivity index (χ0v) is 16.9. The first kappa shape index (κ1) is 18.9. The van der Waals surface area contributed by atoms with E-state index in [4.69, 9.17) is 4.52 Å². The predicted molar refractivity (Wildman–Crippen MR) is 108 cm³/mol. The Balaban J connectivity index is 1.35. The average Bonchev–Trinajstić information content (AvgIpc) is 3.42. The smallest absolute Gasteiger partial charge is 0.270 e. The Morgan fingerprint density at radius 1 is 1.30 bits per heavy atom. The maximum atomic E-state index is 12.6. The first-order valence-electron chi connectivity index (χ1n) is 10.3. The molecule has 8 heteroatoms. The first-order valence-corrected chi connectivity index (χ1v) is 10.3. The number of hydrogen-bond acceptors (Lipinski definition) is 7. The Kier molecular flexibility index (Phi) is 4.78. The second-order valence-electron chi connectivity index (χ2n) is 8.36. The molecule has 0 radical (unpaired) electrons. The summed E-state index contributed by atoms with van der Waals surface area (Å²) in [6, 6.07) is 12.2. The number of carbonyl (C=O) groups is 1. The van der Waals surface area contributed by atoms with Gasteiger partial charge in [-0.1, -0.05) is 35.5 Å². The summed E-state index contributed by atoms with van der Waals surface area (Å²) in [5.74, 6) is 1.52. The quantitative estimate of drug-likeness (QED) is 0.696. The molecule has 1 N–H and O–H groups in total. The van der Waals surface area contributed by atoms with E-state index >= 15 is 0 Å². The minimum absolute atomic E-state index is 0.0450. The van der Waals surface area contributed by atoms with Crippen LogP contribution in [0.15, 0.2) is 53.4 Å². The van der Waals surface area contributed by atoms with E-state index in [1.807, 2.05) is 13.0 Å². The van der Waals surface area contributed by atoms with Crippen molar-refractivity contribution in [2.24, 2.45) is 5.92 Å². The lowest BCUT2D eigenvalue weighted by Gasteiger charge is -2.25. The summed E-state index contributed by atoms with van der Waals surface area (Å²) in [6.07, 6.45) is 4.63. The van der Waals surface area contributed by atoms with Crippen molar-refractivity contribution in [2.75, 3.05) is 13.1 Å². The van der Waals surface area contributed by atoms with Gasteiger partial charge in [0.2, 0.25) is 5.89 Å². The summed E-state index contributed by atoms with van der Waals surface area (Å²) in [6.45, 7) is 4.52. The molecule has 0 bridgehead atoms. The molecule has 5 rings (SSSR count). The molecule has 2 aliphatic rings. The molecule has 3 aromatic rings. The molecular weight excluding hydrogens is 380 g/mol. The van der Waals surface area contributed by atoms with Crippen LogP contribution in [0, 0.1) is 12.8 Å². The maximum Gasteiger partial charge on any atom is 0.270 e. The zero-order chi connectivity index (χ0) is 20.6. The minimum atomic E-state index is -0.236. The van der Waals surface area contributed by atoms with Crippen LogP contribution in [-0.2, 0) is 12.0 Å². The van der Waals surface area contributed by atoms with Crippen LogP contribution in [0.25, 0.3) is 0 Å². The van der Waals surface area contributed by atoms with Gasteiger partial charge in [-0.25, -0.2) is 9.97 Å². The Morgan fingerprint density at radius 3 is 2.90 bits per heavy atom. The molecule has 0 spiro atoms. The molecule has 3 atom stereocenters. The molecule has 2 fully saturated rings. The molecule has 1 aromatic carbocycles. The van der Waals surface area contributed by atoms with Gasteiger partial charge >= 0.3 is 0 Å². The van der Waals surface area contributed by atoms with Gasteiger partial charge in [0.1, 0.15) is 12.0 Å². The van der Waals surface area contributed by atoms with Crippen LogP contribution < -0.4 is 5.32 Å². The fourth-order valence-corrected chi connectivity index (χ4v) is 5.06. The van der Waals surface area contributed by atoms with E-state index in [0.29, 0.717) is 23.3 Å². The summed E-state index contributed by atoms with van der Waals surface area (Å²) in [5, 5.41) is 7.20. The minimum Gasteiger partial charge on any atom is -0.348 e. The molecule has 1 amide bonds. The third kappa shape index (κ3) is 3.47. The second kappa shape index (κ2) is 7.60. The van der Waals surface area contributed by atoms with Crippen LogP contribution in [0.3, 0.4) is 0 Å². The molecule has 30 heavy (non-hydrogen) atoms. The number of rotatable bonds is 5. The second-order valence-corrected chi connectivity index (χ2v) is 8.36. The maximum absolute atomic E-state index is 12.6. The Hall–Kier alpha value is -3.13. The number of nitrogens with one attached hydrogen (secondary N) is 1. The van der Waals surface area contributed by atoms with Crippen molar-refractivity contribution >= 4 is 5.91 Å². The van der Waals surface area contributed by atoms with Crippen molar-refractivity contribution in [2.45, 2.75) is 37.8 Å². The summed E-state index contributed by atoms with van der Waals surface area (Å²) in [7, 11) is 0. The van der Waals surface area contributed by atoms with Gasteiger partial charge < -0.3 is 9.84 Å². The van der Waals surface area contributed by atoms with Crippen molar-refractivity contribution < 1.29 is 9.32 Å². The first-order chi connectivity index (χ1) is 14.6. The number of hydrogen-bond donors (Lipinski definition) is 1. The van der Waals surface area contributed by atoms with Gasteiger partial charge in [-0.05, 0) is 37.3 Å². The van der Waals surface area contributed by atoms with Crippen LogP contribution in [-0.4, -0.2) is 50.0 Å². The summed E-state index contributed by atoms with van der Waals surface area (Å²) in [5.41, 5.74) is 1.44. The van der Waals surface area contributed by atoms with Crippen LogP contribution in [0.5, 0.6) is 0 Å². The van der Waals surface area contributed by atoms with Gasteiger partial charge in [0.05, 0.1) is 5.41 Å². The van der Waals surface area contributed by atoms with Crippen molar-refractivity contribution in [1.82, 2.24) is 30.3 Å². The van der Waals surface area contributed by atoms with E-state index in [-0.39, 0.29) is 17.4 Å². The lowest BCUT2D eigenvalue weighted by Crippen LogP contribution is -2.38. The number of benzene rings is 1. The SMILES string of the molecule is Cc1noc([C@]23C[C@H](NC(=O)c4ccncn4)C[C@H]2CN(Cc2ccccc2)C3)n1. The third-order valence-electron chi connectivity index (χ3n) is 6.30. The molecule has 3 heterocycles. The molecule has 8 nitrogen and oxygen atoms in total. The number of aromatic nitrogens is 4. The fraction of sp³-hybridized carbons (Fsp3) is 0.409. The van der Waals surface area contributed by atoms with E-state index < -0.39 is 0 Å². The summed E-state index contributed by atoms with van der Waals surface area (Å²) >= 11 is 0. The number of nitrogens with zero attached hydrogens (tertiary/aromatic N) is 5. The topological polar surface area (TPSA) is 97.0 Å². The molecule has 1 aliphatic heterocycles. The molecule has 2 aromatic heterocycles. The fourth-order valence-electron chi connectivity index (χ4n) is 5.06. The average molecular weight is 404 g/mol. The van der Waals surface area contributed by atoms with E-state index in [1.54, 1.807) is 12.3 Å². The number of aryl methyl sites for hydroxylation is 1. The van der Waals surface area contributed by atoms with Gasteiger partial charge in [0.25, 0.3) is 5.91 Å². The highest BCUT2D eigenvalue weighted by molar-refractivity contribution is 5.92. The van der Waals surface area contributed by atoms with E-state index in [9.17, 15) is 4.79 Å². The Bertz CT molecular complexity index is 1020. The zero-order valence-electron chi connectivity index (χ0n) is 16.9. The lowest BCUT2D eigenvalue weighted by molar-refractivity contribution is 0.0928. The van der Waals surface area contributed by atoms with E-state index in [1.165, 1.54) is 11.9 Å². The van der Waals surface area contributed by atoms with Crippen molar-refractivity contribution in [3.63, 3.8) is 0 Å². The number of amides is 1. The monoisotopic (exact) mass is 404 g/mol. The van der Waals surface area contributed by atoms with Gasteiger partial charge in [-0.3, -0.25) is 9.69 Å². The normalized spacial score (nSPS) is 25.9. The van der Waals surface area contributed by atoms with Gasteiger partial charge in [0.15, 0.2) is 5.82 Å². The van der Waals surface area contributed by atoms with Crippen LogP contribution in [0.2, 0.25) is 0 Å². The van der Waals surface area contributed by atoms with Crippen LogP contribution in [0.1, 0.15) is 40.6 Å². The highest BCUT2D eigenvalue weighted by atomic mass is 16.5. The Morgan fingerprint density at radius 2 is 2.17 bits per heavy atom. The molecule has 1 aliphatic carbocycles. The number of likely N-dealkylation sites (tertiary alicyclic amines) is 1. The molecule has 0 unspecified atom stereocenters. The van der Waals surface area contributed by atoms with Gasteiger partial charge in [-0.2, -0.15) is 4.98 Å². The molecule has 1 saturated carbocycles. The van der Waals surface area contributed by atoms with E-state index in [2.05, 4.69) is 54.6 Å². The number of carbonyl (C=O) groups excluding carboxylic acids is 1. The molecular formula is C22H24N6O2. The Labute approximate surface area is 174 Å². The number of fused-ring (bicyclic) bond motifs is 1. The van der Waals surface area contributed by atoms with Crippen molar-refractivity contribution in [3.8, 4) is 0 Å². The summed E-state index contributed by atoms with van der Waals surface area (Å²) < 4.78 is 5.67. The van der Waals surface area contributed by atoms with Crippen molar-refractivity contribution in [3.05, 3.63) is 71.9 Å². The van der Waals surface area contributed by atoms with Gasteiger partial charge in [-0.15, -0.1) is 0 Å². The van der Waals surface area contributed by atoms with Crippen LogP contribution in [0.4, 0.5) is 0 Å². The lowest BCUT2D eigenvalue weighted by atomic mass is 9.80. The molecule has 154 valence electrons. The standard InChI is InChI=1S/C22H24N6O2/c1-15-25-21(30-27-15)22-10-18(26-20(29)19-7-8-23-14-24-19)9-17(22)12-28(13-22)11-16-5-3-2-4-6-16/h2-8,14,17-18H,9-13H2,1H3,(H,26,29)/t17-,18+,22-/m0/s1. The van der Waals surface area contributed by atoms with Crippen LogP contribution >= 0.6 is 0 Å². The summed E-state index contributed by atoms with van der Waals surface area (Å²) in [4.78, 5) is 27.6. The molecule has 1 saturated heterocycles. The van der Waals surface area contributed by atoms with Gasteiger partial charge in [0, 0.05) is 31.9 Å². The predicted octanol–water partition coefficient (Wildman–Crippen LogP) is 2.13. The van der Waals surface area contributed by atoms with E-state index in [0.717, 1.165) is 32.5 Å². The largest absolute Gasteiger partial charge is 0.348 e. The highest BCUT2D eigenvalue weighted by Crippen LogP contribution is 2.50. The van der Waals surface area contributed by atoms with Crippen molar-refractivity contribution in [1.29, 1.82) is 0 Å².